The normalized spacial score (nSPS) is 11.8. The molecule has 1 aromatic rings. The molecule has 78 valence electrons. The Morgan fingerprint density at radius 3 is 2.57 bits per heavy atom. The number of rotatable bonds is 2. The minimum atomic E-state index is -0.366. The van der Waals surface area contributed by atoms with Crippen molar-refractivity contribution in [2.24, 2.45) is 5.41 Å². The minimum Gasteiger partial charge on any atom is -0.292 e. The summed E-state index contributed by atoms with van der Waals surface area (Å²) in [4.78, 5) is 12.0. The second-order valence-corrected chi connectivity index (χ2v) is 5.09. The standard InChI is InChI=1S/C10H15BrN2O/c1-5-13-8(7(11)6-12-13)9(14)10(2,3)4/h6H,5H2,1-4H3. The SMILES string of the molecule is CCn1ncc(Br)c1C(=O)C(C)(C)C. The minimum absolute atomic E-state index is 0.115. The second-order valence-electron chi connectivity index (χ2n) is 4.24. The zero-order chi connectivity index (χ0) is 10.9. The van der Waals surface area contributed by atoms with Crippen LogP contribution in [0.5, 0.6) is 0 Å². The van der Waals surface area contributed by atoms with Crippen molar-refractivity contribution in [1.82, 2.24) is 9.78 Å². The van der Waals surface area contributed by atoms with Gasteiger partial charge in [0.2, 0.25) is 0 Å². The maximum atomic E-state index is 12.0. The zero-order valence-corrected chi connectivity index (χ0v) is 10.6. The van der Waals surface area contributed by atoms with Gasteiger partial charge in [-0.25, -0.2) is 0 Å². The van der Waals surface area contributed by atoms with Gasteiger partial charge in [-0.2, -0.15) is 5.10 Å². The van der Waals surface area contributed by atoms with Crippen molar-refractivity contribution in [3.8, 4) is 0 Å². The highest BCUT2D eigenvalue weighted by molar-refractivity contribution is 9.10. The number of carbonyl (C=O) groups is 1. The molecular formula is C10H15BrN2O. The van der Waals surface area contributed by atoms with Gasteiger partial charge in [0.05, 0.1) is 10.7 Å². The summed E-state index contributed by atoms with van der Waals surface area (Å²) in [5.41, 5.74) is 0.301. The summed E-state index contributed by atoms with van der Waals surface area (Å²) >= 11 is 3.35. The van der Waals surface area contributed by atoms with E-state index in [0.717, 1.165) is 4.47 Å². The lowest BCUT2D eigenvalue weighted by Gasteiger charge is -2.17. The quantitative estimate of drug-likeness (QED) is 0.765. The fraction of sp³-hybridized carbons (Fsp3) is 0.600. The van der Waals surface area contributed by atoms with E-state index >= 15 is 0 Å². The first kappa shape index (κ1) is 11.4. The molecule has 0 radical (unpaired) electrons. The third-order valence-corrected chi connectivity index (χ3v) is 2.57. The van der Waals surface area contributed by atoms with E-state index < -0.39 is 0 Å². The fourth-order valence-electron chi connectivity index (χ4n) is 1.18. The Morgan fingerprint density at radius 2 is 2.14 bits per heavy atom. The Balaban J connectivity index is 3.18. The van der Waals surface area contributed by atoms with E-state index in [9.17, 15) is 4.79 Å². The topological polar surface area (TPSA) is 34.9 Å². The lowest BCUT2D eigenvalue weighted by Crippen LogP contribution is -2.24. The summed E-state index contributed by atoms with van der Waals surface area (Å²) in [6, 6.07) is 0. The van der Waals surface area contributed by atoms with E-state index in [1.54, 1.807) is 10.9 Å². The van der Waals surface area contributed by atoms with E-state index in [1.165, 1.54) is 0 Å². The van der Waals surface area contributed by atoms with Gasteiger partial charge < -0.3 is 0 Å². The van der Waals surface area contributed by atoms with Crippen molar-refractivity contribution in [3.05, 3.63) is 16.4 Å². The second kappa shape index (κ2) is 3.85. The number of hydrogen-bond donors (Lipinski definition) is 0. The molecule has 0 N–H and O–H groups in total. The van der Waals surface area contributed by atoms with Crippen LogP contribution in [0.15, 0.2) is 10.7 Å². The molecule has 0 unspecified atom stereocenters. The molecule has 0 saturated heterocycles. The molecule has 4 heteroatoms. The molecule has 0 aliphatic heterocycles. The van der Waals surface area contributed by atoms with E-state index in [1.807, 2.05) is 27.7 Å². The number of hydrogen-bond acceptors (Lipinski definition) is 2. The molecule has 1 rings (SSSR count). The summed E-state index contributed by atoms with van der Waals surface area (Å²) in [6.07, 6.45) is 1.67. The number of ketones is 1. The molecule has 0 spiro atoms. The Morgan fingerprint density at radius 1 is 1.57 bits per heavy atom. The number of Topliss-reactive ketones (excluding diaryl/α,β-unsaturated/α-hetero) is 1. The van der Waals surface area contributed by atoms with E-state index in [4.69, 9.17) is 0 Å². The largest absolute Gasteiger partial charge is 0.292 e. The van der Waals surface area contributed by atoms with Gasteiger partial charge in [-0.05, 0) is 22.9 Å². The fourth-order valence-corrected chi connectivity index (χ4v) is 1.66. The van der Waals surface area contributed by atoms with E-state index in [0.29, 0.717) is 12.2 Å². The highest BCUT2D eigenvalue weighted by Crippen LogP contribution is 2.25. The molecule has 0 atom stereocenters. The molecule has 1 aromatic heterocycles. The van der Waals surface area contributed by atoms with Gasteiger partial charge in [0.1, 0.15) is 5.69 Å². The molecule has 0 aromatic carbocycles. The molecule has 0 saturated carbocycles. The zero-order valence-electron chi connectivity index (χ0n) is 8.97. The number of aromatic nitrogens is 2. The monoisotopic (exact) mass is 258 g/mol. The maximum Gasteiger partial charge on any atom is 0.187 e. The molecule has 0 amide bonds. The third kappa shape index (κ3) is 2.05. The van der Waals surface area contributed by atoms with Crippen LogP contribution in [0.1, 0.15) is 38.2 Å². The maximum absolute atomic E-state index is 12.0. The molecule has 14 heavy (non-hydrogen) atoms. The number of carbonyl (C=O) groups excluding carboxylic acids is 1. The Bertz CT molecular complexity index is 349. The van der Waals surface area contributed by atoms with Crippen LogP contribution in [0.2, 0.25) is 0 Å². The van der Waals surface area contributed by atoms with Crippen molar-refractivity contribution in [2.75, 3.05) is 0 Å². The first-order chi connectivity index (χ1) is 6.38. The van der Waals surface area contributed by atoms with Crippen LogP contribution < -0.4 is 0 Å². The van der Waals surface area contributed by atoms with E-state index in [-0.39, 0.29) is 11.2 Å². The molecule has 0 aliphatic rings. The average Bonchev–Trinajstić information content (AvgIpc) is 2.43. The highest BCUT2D eigenvalue weighted by Gasteiger charge is 2.27. The van der Waals surface area contributed by atoms with Crippen LogP contribution in [-0.2, 0) is 6.54 Å². The molecule has 0 fully saturated rings. The van der Waals surface area contributed by atoms with Gasteiger partial charge in [-0.15, -0.1) is 0 Å². The van der Waals surface area contributed by atoms with Crippen molar-refractivity contribution >= 4 is 21.7 Å². The van der Waals surface area contributed by atoms with Crippen LogP contribution in [0.4, 0.5) is 0 Å². The van der Waals surface area contributed by atoms with Gasteiger partial charge in [0, 0.05) is 12.0 Å². The van der Waals surface area contributed by atoms with Gasteiger partial charge in [-0.1, -0.05) is 20.8 Å². The van der Waals surface area contributed by atoms with Crippen LogP contribution in [0.3, 0.4) is 0 Å². The van der Waals surface area contributed by atoms with Crippen molar-refractivity contribution in [2.45, 2.75) is 34.2 Å². The predicted molar refractivity (Wildman–Crippen MR) is 59.4 cm³/mol. The first-order valence-corrected chi connectivity index (χ1v) is 5.43. The lowest BCUT2D eigenvalue weighted by atomic mass is 9.89. The van der Waals surface area contributed by atoms with E-state index in [2.05, 4.69) is 21.0 Å². The Labute approximate surface area is 92.6 Å². The third-order valence-electron chi connectivity index (χ3n) is 1.99. The molecule has 3 nitrogen and oxygen atoms in total. The molecule has 0 bridgehead atoms. The molecule has 0 aliphatic carbocycles. The van der Waals surface area contributed by atoms with Gasteiger partial charge in [0.25, 0.3) is 0 Å². The summed E-state index contributed by atoms with van der Waals surface area (Å²) < 4.78 is 2.50. The molecular weight excluding hydrogens is 244 g/mol. The van der Waals surface area contributed by atoms with Crippen molar-refractivity contribution in [1.29, 1.82) is 0 Å². The van der Waals surface area contributed by atoms with Crippen LogP contribution in [-0.4, -0.2) is 15.6 Å². The summed E-state index contributed by atoms with van der Waals surface area (Å²) in [7, 11) is 0. The summed E-state index contributed by atoms with van der Waals surface area (Å²) in [6.45, 7) is 8.42. The first-order valence-electron chi connectivity index (χ1n) is 4.64. The van der Waals surface area contributed by atoms with Crippen LogP contribution in [0.25, 0.3) is 0 Å². The van der Waals surface area contributed by atoms with Crippen molar-refractivity contribution < 1.29 is 4.79 Å². The Hall–Kier alpha value is -0.640. The summed E-state index contributed by atoms with van der Waals surface area (Å²) in [5.74, 6) is 0.115. The van der Waals surface area contributed by atoms with Gasteiger partial charge in [0.15, 0.2) is 5.78 Å². The Kier molecular flexibility index (Phi) is 3.14. The summed E-state index contributed by atoms with van der Waals surface area (Å²) in [5, 5.41) is 4.12. The van der Waals surface area contributed by atoms with Crippen LogP contribution in [0, 0.1) is 5.41 Å². The van der Waals surface area contributed by atoms with Crippen LogP contribution >= 0.6 is 15.9 Å². The van der Waals surface area contributed by atoms with Gasteiger partial charge >= 0.3 is 0 Å². The van der Waals surface area contributed by atoms with Gasteiger partial charge in [-0.3, -0.25) is 9.48 Å². The average molecular weight is 259 g/mol. The predicted octanol–water partition coefficient (Wildman–Crippen LogP) is 2.89. The smallest absolute Gasteiger partial charge is 0.187 e. The molecule has 1 heterocycles. The lowest BCUT2D eigenvalue weighted by molar-refractivity contribution is 0.0846. The number of halogens is 1. The highest BCUT2D eigenvalue weighted by atomic mass is 79.9. The van der Waals surface area contributed by atoms with Crippen molar-refractivity contribution in [3.63, 3.8) is 0 Å². The number of aryl methyl sites for hydroxylation is 1. The number of nitrogens with zero attached hydrogens (tertiary/aromatic N) is 2.